The first-order valence-electron chi connectivity index (χ1n) is 18.4. The smallest absolute Gasteiger partial charge is 0.464 e. The van der Waals surface area contributed by atoms with Gasteiger partial charge < -0.3 is 34.3 Å². The number of nitrogens with zero attached hydrogens (tertiary/aromatic N) is 2. The van der Waals surface area contributed by atoms with Crippen molar-refractivity contribution in [3.05, 3.63) is 0 Å². The minimum absolute atomic E-state index is 0.0133. The third-order valence-corrected chi connectivity index (χ3v) is 8.67. The molecule has 0 amide bonds. The second-order valence-corrected chi connectivity index (χ2v) is 13.5. The van der Waals surface area contributed by atoms with Gasteiger partial charge in [-0.3, -0.25) is 13.8 Å². The van der Waals surface area contributed by atoms with E-state index in [0.717, 1.165) is 51.4 Å². The molecule has 0 aliphatic carbocycles. The lowest BCUT2D eigenvalue weighted by Gasteiger charge is -2.20. The van der Waals surface area contributed by atoms with Gasteiger partial charge in [0, 0.05) is 7.05 Å². The Morgan fingerprint density at radius 2 is 0.878 bits per heavy atom. The van der Waals surface area contributed by atoms with Gasteiger partial charge in [0.1, 0.15) is 6.54 Å². The summed E-state index contributed by atoms with van der Waals surface area (Å²) >= 11 is 0. The number of likely N-dealkylation sites (N-methyl/N-ethyl adjacent to an activating group) is 1. The maximum absolute atomic E-state index is 13.5. The highest BCUT2D eigenvalue weighted by Gasteiger charge is 2.26. The molecule has 0 aromatic carbocycles. The standard InChI is InChI=1S/C34H66N3O11P/c1-5-8-11-13-15-17-24-43-33(39)45-26-19-21-28-47-49(41,36-32(35)37(4)30-31(38)42-23-10-7-3)48-29-22-20-27-46-34(40)44-25-18-16-14-12-9-6-2/h5-30H2,1-4H3,(H2,35,36,41). The van der Waals surface area contributed by atoms with E-state index >= 15 is 0 Å². The van der Waals surface area contributed by atoms with E-state index in [9.17, 15) is 18.9 Å². The zero-order chi connectivity index (χ0) is 36.4. The van der Waals surface area contributed by atoms with Crippen molar-refractivity contribution in [1.82, 2.24) is 4.90 Å². The maximum Gasteiger partial charge on any atom is 0.508 e. The molecule has 0 rings (SSSR count). The summed E-state index contributed by atoms with van der Waals surface area (Å²) in [6.07, 6.45) is 14.9. The third kappa shape index (κ3) is 30.0. The summed E-state index contributed by atoms with van der Waals surface area (Å²) in [5, 5.41) is 0. The van der Waals surface area contributed by atoms with Crippen LogP contribution in [0.25, 0.3) is 0 Å². The Balaban J connectivity index is 4.64. The van der Waals surface area contributed by atoms with Gasteiger partial charge in [-0.2, -0.15) is 0 Å². The van der Waals surface area contributed by atoms with Gasteiger partial charge in [0.05, 0.1) is 46.2 Å². The largest absolute Gasteiger partial charge is 0.508 e. The number of nitrogens with two attached hydrogens (primary N) is 1. The van der Waals surface area contributed by atoms with Crippen LogP contribution in [-0.4, -0.2) is 89.0 Å². The maximum atomic E-state index is 13.5. The first-order chi connectivity index (χ1) is 23.7. The molecular formula is C34H66N3O11P. The topological polar surface area (TPSA) is 175 Å². The van der Waals surface area contributed by atoms with E-state index in [-0.39, 0.29) is 38.9 Å². The van der Waals surface area contributed by atoms with Crippen molar-refractivity contribution in [2.75, 3.05) is 59.8 Å². The van der Waals surface area contributed by atoms with Crippen LogP contribution in [0.4, 0.5) is 9.59 Å². The zero-order valence-electron chi connectivity index (χ0n) is 30.8. The van der Waals surface area contributed by atoms with Crippen LogP contribution in [0.15, 0.2) is 4.76 Å². The quantitative estimate of drug-likeness (QED) is 0.0175. The average Bonchev–Trinajstić information content (AvgIpc) is 3.07. The number of esters is 1. The van der Waals surface area contributed by atoms with E-state index < -0.39 is 26.0 Å². The molecule has 0 aliphatic rings. The van der Waals surface area contributed by atoms with Crippen LogP contribution in [0.5, 0.6) is 0 Å². The molecule has 14 nitrogen and oxygen atoms in total. The molecule has 0 bridgehead atoms. The molecule has 0 aromatic heterocycles. The summed E-state index contributed by atoms with van der Waals surface area (Å²) in [5.41, 5.74) is 6.03. The fraction of sp³-hybridized carbons (Fsp3) is 0.882. The van der Waals surface area contributed by atoms with Crippen LogP contribution in [0.3, 0.4) is 0 Å². The van der Waals surface area contributed by atoms with E-state index in [0.29, 0.717) is 45.5 Å². The molecule has 0 heterocycles. The van der Waals surface area contributed by atoms with E-state index in [1.807, 2.05) is 6.92 Å². The monoisotopic (exact) mass is 723 g/mol. The van der Waals surface area contributed by atoms with Crippen LogP contribution in [0.2, 0.25) is 0 Å². The van der Waals surface area contributed by atoms with Crippen molar-refractivity contribution in [3.63, 3.8) is 0 Å². The predicted octanol–water partition coefficient (Wildman–Crippen LogP) is 8.31. The second-order valence-electron chi connectivity index (χ2n) is 11.9. The normalized spacial score (nSPS) is 11.6. The first kappa shape index (κ1) is 46.4. The van der Waals surface area contributed by atoms with Gasteiger partial charge in [0.15, 0.2) is 0 Å². The van der Waals surface area contributed by atoms with E-state index in [4.69, 9.17) is 38.5 Å². The van der Waals surface area contributed by atoms with E-state index in [1.54, 1.807) is 0 Å². The predicted molar refractivity (Wildman–Crippen MR) is 189 cm³/mol. The molecule has 0 unspecified atom stereocenters. The summed E-state index contributed by atoms with van der Waals surface area (Å²) < 4.78 is 54.1. The number of hydrogen-bond acceptors (Lipinski definition) is 11. The fourth-order valence-corrected chi connectivity index (χ4v) is 5.50. The molecule has 15 heteroatoms. The molecule has 0 spiro atoms. The number of carbonyl (C=O) groups excluding carboxylic acids is 3. The van der Waals surface area contributed by atoms with Gasteiger partial charge in [-0.05, 0) is 44.9 Å². The third-order valence-electron chi connectivity index (χ3n) is 7.20. The Morgan fingerprint density at radius 1 is 0.531 bits per heavy atom. The second kappa shape index (κ2) is 32.6. The van der Waals surface area contributed by atoms with Crippen LogP contribution < -0.4 is 5.73 Å². The van der Waals surface area contributed by atoms with Crippen molar-refractivity contribution in [2.24, 2.45) is 10.5 Å². The van der Waals surface area contributed by atoms with Gasteiger partial charge in [0.2, 0.25) is 5.96 Å². The molecule has 0 saturated heterocycles. The molecule has 288 valence electrons. The first-order valence-corrected chi connectivity index (χ1v) is 19.9. The summed E-state index contributed by atoms with van der Waals surface area (Å²) in [6, 6.07) is 0. The van der Waals surface area contributed by atoms with E-state index in [2.05, 4.69) is 18.6 Å². The lowest BCUT2D eigenvalue weighted by molar-refractivity contribution is -0.143. The van der Waals surface area contributed by atoms with Crippen molar-refractivity contribution in [3.8, 4) is 0 Å². The van der Waals surface area contributed by atoms with Crippen LogP contribution in [-0.2, 0) is 42.1 Å². The lowest BCUT2D eigenvalue weighted by atomic mass is 10.1. The Bertz CT molecular complexity index is 878. The highest BCUT2D eigenvalue weighted by molar-refractivity contribution is 7.52. The van der Waals surface area contributed by atoms with Crippen LogP contribution >= 0.6 is 7.75 Å². The van der Waals surface area contributed by atoms with Crippen molar-refractivity contribution >= 4 is 32.0 Å². The molecule has 0 fully saturated rings. The Labute approximate surface area is 295 Å². The lowest BCUT2D eigenvalue weighted by Crippen LogP contribution is -2.38. The fourth-order valence-electron chi connectivity index (χ4n) is 4.19. The molecule has 0 saturated carbocycles. The average molecular weight is 724 g/mol. The molecule has 0 aliphatic heterocycles. The number of ether oxygens (including phenoxy) is 5. The van der Waals surface area contributed by atoms with Gasteiger partial charge in [0.25, 0.3) is 0 Å². The van der Waals surface area contributed by atoms with Crippen molar-refractivity contribution < 1.29 is 51.7 Å². The number of hydrogen-bond donors (Lipinski definition) is 1. The Kier molecular flexibility index (Phi) is 30.9. The van der Waals surface area contributed by atoms with Crippen molar-refractivity contribution in [2.45, 2.75) is 136 Å². The SMILES string of the molecule is CCCCCCCCOC(=O)OCCCCOP(=O)(/N=C(\N)N(C)CC(=O)OCCCC)OCCCCOC(=O)OCCCCCCCC. The van der Waals surface area contributed by atoms with Gasteiger partial charge in [-0.15, -0.1) is 4.76 Å². The number of carbonyl (C=O) groups is 3. The number of guanidine groups is 1. The molecule has 0 aromatic rings. The highest BCUT2D eigenvalue weighted by atomic mass is 31.2. The Hall–Kier alpha value is -2.57. The summed E-state index contributed by atoms with van der Waals surface area (Å²) in [6.45, 7) is 7.27. The van der Waals surface area contributed by atoms with Gasteiger partial charge in [-0.25, -0.2) is 14.2 Å². The molecule has 2 N–H and O–H groups in total. The van der Waals surface area contributed by atoms with Gasteiger partial charge in [-0.1, -0.05) is 91.4 Å². The zero-order valence-corrected chi connectivity index (χ0v) is 31.7. The highest BCUT2D eigenvalue weighted by Crippen LogP contribution is 2.50. The summed E-state index contributed by atoms with van der Waals surface area (Å²) in [7, 11) is -2.58. The molecule has 0 atom stereocenters. The number of unbranched alkanes of at least 4 members (excludes halogenated alkanes) is 13. The van der Waals surface area contributed by atoms with E-state index in [1.165, 1.54) is 50.5 Å². The van der Waals surface area contributed by atoms with Crippen LogP contribution in [0.1, 0.15) is 136 Å². The Morgan fingerprint density at radius 3 is 1.31 bits per heavy atom. The van der Waals surface area contributed by atoms with Crippen LogP contribution in [0, 0.1) is 0 Å². The molecule has 0 radical (unpaired) electrons. The summed E-state index contributed by atoms with van der Waals surface area (Å²) in [4.78, 5) is 37.0. The van der Waals surface area contributed by atoms with Gasteiger partial charge >= 0.3 is 26.0 Å². The summed E-state index contributed by atoms with van der Waals surface area (Å²) in [5.74, 6) is -0.717. The molecule has 49 heavy (non-hydrogen) atoms. The minimum Gasteiger partial charge on any atom is -0.464 e. The van der Waals surface area contributed by atoms with Crippen molar-refractivity contribution in [1.29, 1.82) is 0 Å². The number of rotatable bonds is 32. The minimum atomic E-state index is -4.09. The molecular weight excluding hydrogens is 657 g/mol.